The molecule has 1 aromatic carbocycles. The fourth-order valence-electron chi connectivity index (χ4n) is 4.76. The summed E-state index contributed by atoms with van der Waals surface area (Å²) in [5, 5.41) is 25.0. The highest BCUT2D eigenvalue weighted by Crippen LogP contribution is 2.41. The molecule has 0 radical (unpaired) electrons. The molecular weight excluding hydrogens is 507 g/mol. The first-order chi connectivity index (χ1) is 17.5. The standard InChI is InChI=1S/C27H27N5OS3/c1-4-17-10-11-19-20(13-28)26(36-22(19)12-17)29-23(33)15-35-27-31-30-25(32(27)3)21-14-34-16(2)24(21)18-8-6-5-7-9-18/h5-9,14,17H,4,10-12,15H2,1-3H3,(H,29,33). The van der Waals surface area contributed by atoms with Crippen molar-refractivity contribution in [2.24, 2.45) is 13.0 Å². The van der Waals surface area contributed by atoms with Crippen molar-refractivity contribution in [3.63, 3.8) is 0 Å². The molecule has 9 heteroatoms. The van der Waals surface area contributed by atoms with Gasteiger partial charge in [-0.15, -0.1) is 32.9 Å². The molecule has 1 N–H and O–H groups in total. The van der Waals surface area contributed by atoms with Crippen molar-refractivity contribution in [1.29, 1.82) is 5.26 Å². The van der Waals surface area contributed by atoms with Crippen LogP contribution >= 0.6 is 34.4 Å². The van der Waals surface area contributed by atoms with Crippen molar-refractivity contribution in [3.8, 4) is 28.6 Å². The highest BCUT2D eigenvalue weighted by molar-refractivity contribution is 7.99. The molecule has 0 saturated heterocycles. The number of carbonyl (C=O) groups excluding carboxylic acids is 1. The average molecular weight is 534 g/mol. The Kier molecular flexibility index (Phi) is 7.28. The molecule has 3 heterocycles. The molecule has 1 atom stereocenters. The summed E-state index contributed by atoms with van der Waals surface area (Å²) < 4.78 is 1.95. The summed E-state index contributed by atoms with van der Waals surface area (Å²) in [5.41, 5.74) is 5.14. The lowest BCUT2D eigenvalue weighted by Gasteiger charge is -2.20. The normalized spacial score (nSPS) is 14.9. The third-order valence-electron chi connectivity index (χ3n) is 6.76. The van der Waals surface area contributed by atoms with Gasteiger partial charge in [0, 0.05) is 33.3 Å². The molecule has 1 aliphatic carbocycles. The van der Waals surface area contributed by atoms with Crippen LogP contribution < -0.4 is 5.32 Å². The quantitative estimate of drug-likeness (QED) is 0.267. The van der Waals surface area contributed by atoms with E-state index in [0.717, 1.165) is 48.2 Å². The van der Waals surface area contributed by atoms with Crippen LogP contribution in [0.3, 0.4) is 0 Å². The first-order valence-corrected chi connectivity index (χ1v) is 14.7. The Bertz CT molecular complexity index is 1440. The van der Waals surface area contributed by atoms with Gasteiger partial charge in [-0.2, -0.15) is 5.26 Å². The Morgan fingerprint density at radius 3 is 2.86 bits per heavy atom. The van der Waals surface area contributed by atoms with Gasteiger partial charge in [-0.3, -0.25) is 4.79 Å². The number of thioether (sulfide) groups is 1. The number of aryl methyl sites for hydroxylation is 1. The maximum absolute atomic E-state index is 12.8. The van der Waals surface area contributed by atoms with Crippen LogP contribution in [0.25, 0.3) is 22.5 Å². The van der Waals surface area contributed by atoms with Crippen molar-refractivity contribution in [2.75, 3.05) is 11.1 Å². The number of aromatic nitrogens is 3. The minimum Gasteiger partial charge on any atom is -0.316 e. The zero-order valence-electron chi connectivity index (χ0n) is 20.5. The number of anilines is 1. The third kappa shape index (κ3) is 4.73. The fraction of sp³-hybridized carbons (Fsp3) is 0.333. The van der Waals surface area contributed by atoms with Crippen LogP contribution in [0.15, 0.2) is 40.9 Å². The van der Waals surface area contributed by atoms with E-state index in [9.17, 15) is 10.1 Å². The second-order valence-corrected chi connectivity index (χ2v) is 12.1. The van der Waals surface area contributed by atoms with E-state index in [1.807, 2.05) is 29.8 Å². The van der Waals surface area contributed by atoms with Gasteiger partial charge in [0.25, 0.3) is 0 Å². The highest BCUT2D eigenvalue weighted by atomic mass is 32.2. The van der Waals surface area contributed by atoms with Gasteiger partial charge in [0.2, 0.25) is 5.91 Å². The Morgan fingerprint density at radius 2 is 2.11 bits per heavy atom. The van der Waals surface area contributed by atoms with E-state index in [4.69, 9.17) is 0 Å². The topological polar surface area (TPSA) is 83.6 Å². The Balaban J connectivity index is 1.30. The van der Waals surface area contributed by atoms with Crippen LogP contribution in [0.5, 0.6) is 0 Å². The Morgan fingerprint density at radius 1 is 1.31 bits per heavy atom. The predicted octanol–water partition coefficient (Wildman–Crippen LogP) is 6.70. The van der Waals surface area contributed by atoms with Gasteiger partial charge in [0.15, 0.2) is 11.0 Å². The SMILES string of the molecule is CCC1CCc2c(sc(NC(=O)CSc3nnc(-c4csc(C)c4-c4ccccc4)n3C)c2C#N)C1. The summed E-state index contributed by atoms with van der Waals surface area (Å²) in [6.45, 7) is 4.33. The van der Waals surface area contributed by atoms with Gasteiger partial charge in [-0.1, -0.05) is 55.4 Å². The van der Waals surface area contributed by atoms with Gasteiger partial charge >= 0.3 is 0 Å². The van der Waals surface area contributed by atoms with Gasteiger partial charge in [-0.05, 0) is 43.2 Å². The number of carbonyl (C=O) groups is 1. The minimum absolute atomic E-state index is 0.136. The van der Waals surface area contributed by atoms with E-state index in [-0.39, 0.29) is 11.7 Å². The van der Waals surface area contributed by atoms with E-state index < -0.39 is 0 Å². The lowest BCUT2D eigenvalue weighted by molar-refractivity contribution is -0.113. The summed E-state index contributed by atoms with van der Waals surface area (Å²) in [4.78, 5) is 15.3. The zero-order chi connectivity index (χ0) is 25.2. The van der Waals surface area contributed by atoms with Crippen LogP contribution in [0.2, 0.25) is 0 Å². The van der Waals surface area contributed by atoms with Crippen LogP contribution in [0.1, 0.15) is 40.6 Å². The number of rotatable bonds is 7. The second kappa shape index (κ2) is 10.6. The molecule has 0 spiro atoms. The molecule has 1 unspecified atom stereocenters. The molecule has 0 aliphatic heterocycles. The second-order valence-electron chi connectivity index (χ2n) is 8.99. The van der Waals surface area contributed by atoms with Gasteiger partial charge in [0.05, 0.1) is 11.3 Å². The molecule has 1 amide bonds. The number of hydrogen-bond donors (Lipinski definition) is 1. The third-order valence-corrected chi connectivity index (χ3v) is 9.86. The van der Waals surface area contributed by atoms with E-state index in [2.05, 4.69) is 52.9 Å². The molecule has 1 aliphatic rings. The number of fused-ring (bicyclic) bond motifs is 1. The largest absolute Gasteiger partial charge is 0.316 e. The van der Waals surface area contributed by atoms with Gasteiger partial charge in [-0.25, -0.2) is 0 Å². The molecule has 0 bridgehead atoms. The lowest BCUT2D eigenvalue weighted by Crippen LogP contribution is -2.14. The van der Waals surface area contributed by atoms with Crippen molar-refractivity contribution < 1.29 is 4.79 Å². The molecule has 4 aromatic rings. The van der Waals surface area contributed by atoms with Gasteiger partial charge in [0.1, 0.15) is 11.1 Å². The molecule has 184 valence electrons. The van der Waals surface area contributed by atoms with Crippen LogP contribution in [-0.2, 0) is 24.7 Å². The monoisotopic (exact) mass is 533 g/mol. The lowest BCUT2D eigenvalue weighted by atomic mass is 9.86. The number of benzene rings is 1. The van der Waals surface area contributed by atoms with Crippen molar-refractivity contribution in [3.05, 3.63) is 56.6 Å². The van der Waals surface area contributed by atoms with E-state index in [1.54, 1.807) is 22.7 Å². The Labute approximate surface area is 223 Å². The van der Waals surface area contributed by atoms with E-state index >= 15 is 0 Å². The predicted molar refractivity (Wildman–Crippen MR) is 149 cm³/mol. The number of nitrogens with zero attached hydrogens (tertiary/aromatic N) is 4. The molecule has 6 nitrogen and oxygen atoms in total. The number of hydrogen-bond acceptors (Lipinski definition) is 7. The summed E-state index contributed by atoms with van der Waals surface area (Å²) >= 11 is 4.62. The van der Waals surface area contributed by atoms with Gasteiger partial charge < -0.3 is 9.88 Å². The minimum atomic E-state index is -0.136. The molecule has 36 heavy (non-hydrogen) atoms. The number of amides is 1. The summed E-state index contributed by atoms with van der Waals surface area (Å²) in [7, 11) is 1.93. The van der Waals surface area contributed by atoms with E-state index in [0.29, 0.717) is 21.6 Å². The maximum Gasteiger partial charge on any atom is 0.235 e. The van der Waals surface area contributed by atoms with Crippen molar-refractivity contribution in [2.45, 2.75) is 44.7 Å². The summed E-state index contributed by atoms with van der Waals surface area (Å²) in [6, 6.07) is 12.6. The van der Waals surface area contributed by atoms with Crippen LogP contribution in [0.4, 0.5) is 5.00 Å². The first-order valence-electron chi connectivity index (χ1n) is 12.0. The molecule has 5 rings (SSSR count). The molecule has 0 fully saturated rings. The molecule has 3 aromatic heterocycles. The number of nitriles is 1. The van der Waals surface area contributed by atoms with Crippen LogP contribution in [-0.4, -0.2) is 26.4 Å². The average Bonchev–Trinajstić information content (AvgIpc) is 3.56. The number of nitrogens with one attached hydrogen (secondary N) is 1. The summed E-state index contributed by atoms with van der Waals surface area (Å²) in [5.74, 6) is 1.51. The Hall–Kier alpha value is -2.93. The fourth-order valence-corrected chi connectivity index (χ4v) is 7.66. The molecular formula is C27H27N5OS3. The number of thiophene rings is 2. The van der Waals surface area contributed by atoms with Crippen molar-refractivity contribution in [1.82, 2.24) is 14.8 Å². The summed E-state index contributed by atoms with van der Waals surface area (Å²) in [6.07, 6.45) is 4.19. The zero-order valence-corrected chi connectivity index (χ0v) is 22.9. The maximum atomic E-state index is 12.8. The first kappa shape index (κ1) is 24.8. The van der Waals surface area contributed by atoms with Crippen molar-refractivity contribution >= 4 is 45.3 Å². The van der Waals surface area contributed by atoms with E-state index in [1.165, 1.54) is 27.1 Å². The smallest absolute Gasteiger partial charge is 0.235 e. The molecule has 0 saturated carbocycles. The van der Waals surface area contributed by atoms with Crippen LogP contribution in [0, 0.1) is 24.2 Å². The highest BCUT2D eigenvalue weighted by Gasteiger charge is 2.26.